The van der Waals surface area contributed by atoms with E-state index in [1.807, 2.05) is 79.2 Å². The van der Waals surface area contributed by atoms with Crippen LogP contribution >= 0.6 is 11.3 Å². The molecule has 1 aliphatic heterocycles. The van der Waals surface area contributed by atoms with Crippen molar-refractivity contribution in [3.63, 3.8) is 0 Å². The number of rotatable bonds is 5. The third-order valence-electron chi connectivity index (χ3n) is 7.14. The van der Waals surface area contributed by atoms with Crippen LogP contribution in [-0.4, -0.2) is 28.1 Å². The maximum atomic E-state index is 13.5. The minimum Gasteiger partial charge on any atom is -0.462 e. The van der Waals surface area contributed by atoms with Crippen LogP contribution in [0.15, 0.2) is 78.6 Å². The molecular weight excluding hydrogens is 482 g/mol. The second-order valence-corrected chi connectivity index (χ2v) is 10.4. The minimum absolute atomic E-state index is 0.204. The molecule has 2 aromatic carbocycles. The Kier molecular flexibility index (Phi) is 6.00. The smallest absolute Gasteiger partial charge is 0.348 e. The van der Waals surface area contributed by atoms with Crippen molar-refractivity contribution in [1.82, 2.24) is 9.78 Å². The van der Waals surface area contributed by atoms with Crippen LogP contribution in [0.25, 0.3) is 16.9 Å². The number of Topliss-reactive ketones (excluding diaryl/α,β-unsaturated/α-hetero) is 1. The van der Waals surface area contributed by atoms with Gasteiger partial charge in [0.2, 0.25) is 0 Å². The molecule has 2 atom stereocenters. The standard InChI is InChI=1S/C30H27N3O3S/c1-3-36-30(35)28-18(2)24-25(26-22(31-29(24)37-28)15-10-16-23(26)34)21-17-33(20-13-8-5-9-14-20)32-27(21)19-11-6-4-7-12-19/h4-9,11-15,17,25-26,31H,3,10,16H2,1-2H3/t25-,26+/m1/s1. The average Bonchev–Trinajstić information content (AvgIpc) is 3.51. The molecule has 0 spiro atoms. The largest absolute Gasteiger partial charge is 0.462 e. The van der Waals surface area contributed by atoms with Gasteiger partial charge in [0.25, 0.3) is 0 Å². The molecule has 1 aliphatic carbocycles. The van der Waals surface area contributed by atoms with E-state index < -0.39 is 0 Å². The van der Waals surface area contributed by atoms with Crippen molar-refractivity contribution in [2.75, 3.05) is 11.9 Å². The maximum absolute atomic E-state index is 13.5. The van der Waals surface area contributed by atoms with Gasteiger partial charge in [-0.2, -0.15) is 5.10 Å². The number of hydrogen-bond acceptors (Lipinski definition) is 6. The summed E-state index contributed by atoms with van der Waals surface area (Å²) in [4.78, 5) is 26.9. The first-order valence-corrected chi connectivity index (χ1v) is 13.4. The quantitative estimate of drug-likeness (QED) is 0.311. The Morgan fingerprint density at radius 3 is 2.57 bits per heavy atom. The lowest BCUT2D eigenvalue weighted by molar-refractivity contribution is -0.122. The predicted octanol–water partition coefficient (Wildman–Crippen LogP) is 6.51. The molecule has 0 saturated carbocycles. The van der Waals surface area contributed by atoms with Crippen LogP contribution in [0.2, 0.25) is 0 Å². The summed E-state index contributed by atoms with van der Waals surface area (Å²) in [5.41, 5.74) is 6.50. The van der Waals surface area contributed by atoms with Crippen molar-refractivity contribution in [1.29, 1.82) is 0 Å². The zero-order chi connectivity index (χ0) is 25.5. The molecule has 0 amide bonds. The fraction of sp³-hybridized carbons (Fsp3) is 0.233. The molecule has 2 aliphatic rings. The van der Waals surface area contributed by atoms with Gasteiger partial charge in [-0.15, -0.1) is 11.3 Å². The Labute approximate surface area is 219 Å². The van der Waals surface area contributed by atoms with Gasteiger partial charge in [0.1, 0.15) is 10.7 Å². The van der Waals surface area contributed by atoms with Gasteiger partial charge in [-0.3, -0.25) is 4.79 Å². The van der Waals surface area contributed by atoms with Crippen LogP contribution in [0.4, 0.5) is 5.00 Å². The van der Waals surface area contributed by atoms with Crippen molar-refractivity contribution in [3.05, 3.63) is 100 Å². The number of ketones is 1. The van der Waals surface area contributed by atoms with Crippen LogP contribution in [0.1, 0.15) is 52.0 Å². The molecule has 6 rings (SSSR count). The number of hydrogen-bond donors (Lipinski definition) is 1. The van der Waals surface area contributed by atoms with Crippen molar-refractivity contribution < 1.29 is 14.3 Å². The number of nitrogens with zero attached hydrogens (tertiary/aromatic N) is 2. The molecule has 37 heavy (non-hydrogen) atoms. The maximum Gasteiger partial charge on any atom is 0.348 e. The Morgan fingerprint density at radius 2 is 1.84 bits per heavy atom. The molecular formula is C30H27N3O3S. The Bertz CT molecular complexity index is 1520. The number of allylic oxidation sites excluding steroid dienone is 2. The van der Waals surface area contributed by atoms with Gasteiger partial charge in [-0.25, -0.2) is 9.48 Å². The van der Waals surface area contributed by atoms with Crippen LogP contribution in [-0.2, 0) is 9.53 Å². The number of carbonyl (C=O) groups excluding carboxylic acids is 2. The van der Waals surface area contributed by atoms with Gasteiger partial charge in [0, 0.05) is 35.4 Å². The number of anilines is 1. The van der Waals surface area contributed by atoms with E-state index in [1.165, 1.54) is 11.3 Å². The first-order valence-electron chi connectivity index (χ1n) is 12.6. The summed E-state index contributed by atoms with van der Waals surface area (Å²) in [5, 5.41) is 9.45. The molecule has 4 aromatic rings. The van der Waals surface area contributed by atoms with Gasteiger partial charge >= 0.3 is 5.97 Å². The molecule has 2 aromatic heterocycles. The zero-order valence-corrected chi connectivity index (χ0v) is 21.5. The topological polar surface area (TPSA) is 73.2 Å². The highest BCUT2D eigenvalue weighted by Gasteiger charge is 2.44. The van der Waals surface area contributed by atoms with Crippen molar-refractivity contribution in [2.24, 2.45) is 5.92 Å². The minimum atomic E-state index is -0.361. The third-order valence-corrected chi connectivity index (χ3v) is 8.34. The molecule has 7 heteroatoms. The van der Waals surface area contributed by atoms with Crippen LogP contribution in [0, 0.1) is 12.8 Å². The van der Waals surface area contributed by atoms with E-state index in [4.69, 9.17) is 9.84 Å². The molecule has 0 bridgehead atoms. The highest BCUT2D eigenvalue weighted by molar-refractivity contribution is 7.18. The lowest BCUT2D eigenvalue weighted by atomic mass is 9.71. The second kappa shape index (κ2) is 9.48. The normalized spacial score (nSPS) is 18.4. The average molecular weight is 510 g/mol. The lowest BCUT2D eigenvalue weighted by Gasteiger charge is -2.36. The van der Waals surface area contributed by atoms with Crippen molar-refractivity contribution in [3.8, 4) is 16.9 Å². The van der Waals surface area contributed by atoms with E-state index in [-0.39, 0.29) is 23.6 Å². The molecule has 0 unspecified atom stereocenters. The second-order valence-electron chi connectivity index (χ2n) is 9.34. The number of thiophene rings is 1. The highest BCUT2D eigenvalue weighted by Crippen LogP contribution is 2.53. The Morgan fingerprint density at radius 1 is 1.11 bits per heavy atom. The Hall–Kier alpha value is -3.97. The first kappa shape index (κ1) is 23.4. The van der Waals surface area contributed by atoms with Crippen molar-refractivity contribution in [2.45, 2.75) is 32.6 Å². The molecule has 186 valence electrons. The number of carbonyl (C=O) groups is 2. The highest BCUT2D eigenvalue weighted by atomic mass is 32.1. The monoisotopic (exact) mass is 509 g/mol. The number of aromatic nitrogens is 2. The number of nitrogens with one attached hydrogen (secondary N) is 1. The van der Waals surface area contributed by atoms with Gasteiger partial charge in [-0.05, 0) is 43.5 Å². The fourth-order valence-corrected chi connectivity index (χ4v) is 6.65. The molecule has 1 N–H and O–H groups in total. The van der Waals surface area contributed by atoms with E-state index in [9.17, 15) is 9.59 Å². The number of esters is 1. The summed E-state index contributed by atoms with van der Waals surface area (Å²) in [6.07, 6.45) is 5.40. The number of fused-ring (bicyclic) bond motifs is 2. The summed E-state index contributed by atoms with van der Waals surface area (Å²) < 4.78 is 7.26. The Balaban J connectivity index is 1.61. The van der Waals surface area contributed by atoms with Gasteiger partial charge in [0.15, 0.2) is 0 Å². The third kappa shape index (κ3) is 4.00. The van der Waals surface area contributed by atoms with E-state index in [2.05, 4.69) is 17.6 Å². The summed E-state index contributed by atoms with van der Waals surface area (Å²) in [7, 11) is 0. The summed E-state index contributed by atoms with van der Waals surface area (Å²) in [5.74, 6) is -0.759. The SMILES string of the molecule is CCOC(=O)c1sc2c(c1C)[C@@H](c1cn(-c3ccccc3)nc1-c1ccccc1)[C@@H]1C(=O)CCC=C1N2. The molecule has 6 nitrogen and oxygen atoms in total. The van der Waals surface area contributed by atoms with E-state index >= 15 is 0 Å². The van der Waals surface area contributed by atoms with Gasteiger partial charge < -0.3 is 10.1 Å². The van der Waals surface area contributed by atoms with E-state index in [0.717, 1.165) is 44.3 Å². The van der Waals surface area contributed by atoms with E-state index in [1.54, 1.807) is 0 Å². The summed E-state index contributed by atoms with van der Waals surface area (Å²) in [6, 6.07) is 20.1. The molecule has 0 fully saturated rings. The number of benzene rings is 2. The summed E-state index contributed by atoms with van der Waals surface area (Å²) in [6.45, 7) is 4.08. The van der Waals surface area contributed by atoms with E-state index in [0.29, 0.717) is 24.3 Å². The van der Waals surface area contributed by atoms with Crippen molar-refractivity contribution >= 4 is 28.1 Å². The number of para-hydroxylation sites is 1. The van der Waals surface area contributed by atoms with Crippen LogP contribution < -0.4 is 5.32 Å². The number of ether oxygens (including phenoxy) is 1. The zero-order valence-electron chi connectivity index (χ0n) is 20.7. The predicted molar refractivity (Wildman–Crippen MR) is 145 cm³/mol. The van der Waals surface area contributed by atoms with Crippen LogP contribution in [0.5, 0.6) is 0 Å². The molecule has 0 radical (unpaired) electrons. The van der Waals surface area contributed by atoms with Gasteiger partial charge in [-0.1, -0.05) is 54.6 Å². The fourth-order valence-electron chi connectivity index (χ4n) is 5.49. The molecule has 3 heterocycles. The first-order chi connectivity index (χ1) is 18.1. The van der Waals surface area contributed by atoms with Crippen LogP contribution in [0.3, 0.4) is 0 Å². The van der Waals surface area contributed by atoms with Gasteiger partial charge in [0.05, 0.1) is 28.9 Å². The molecule has 0 saturated heterocycles. The lowest BCUT2D eigenvalue weighted by Crippen LogP contribution is -2.34. The summed E-state index contributed by atoms with van der Waals surface area (Å²) >= 11 is 1.41.